The molecule has 0 aliphatic rings. The van der Waals surface area contributed by atoms with E-state index in [1.54, 1.807) is 35.6 Å². The van der Waals surface area contributed by atoms with Gasteiger partial charge in [-0.2, -0.15) is 0 Å². The minimum Gasteiger partial charge on any atom is -0.493 e. The molecule has 1 N–H and O–H groups in total. The van der Waals surface area contributed by atoms with Crippen LogP contribution in [0.1, 0.15) is 22.7 Å². The van der Waals surface area contributed by atoms with Crippen molar-refractivity contribution < 1.29 is 9.53 Å². The lowest BCUT2D eigenvalue weighted by molar-refractivity contribution is -0.121. The molecule has 0 saturated heterocycles. The summed E-state index contributed by atoms with van der Waals surface area (Å²) in [6.07, 6.45) is 1.11. The Morgan fingerprint density at radius 3 is 2.65 bits per heavy atom. The van der Waals surface area contributed by atoms with Crippen LogP contribution in [-0.4, -0.2) is 17.5 Å². The number of rotatable bonds is 8. The van der Waals surface area contributed by atoms with E-state index in [0.717, 1.165) is 17.1 Å². The van der Waals surface area contributed by atoms with Crippen molar-refractivity contribution in [3.8, 4) is 5.75 Å². The van der Waals surface area contributed by atoms with Crippen LogP contribution in [0.3, 0.4) is 0 Å². The van der Waals surface area contributed by atoms with Crippen LogP contribution in [0.15, 0.2) is 60.0 Å². The van der Waals surface area contributed by atoms with Crippen molar-refractivity contribution >= 4 is 28.8 Å². The molecule has 26 heavy (non-hydrogen) atoms. The third kappa shape index (κ3) is 5.86. The number of amides is 1. The fourth-order valence-electron chi connectivity index (χ4n) is 2.35. The van der Waals surface area contributed by atoms with Gasteiger partial charge in [-0.05, 0) is 29.8 Å². The van der Waals surface area contributed by atoms with Crippen LogP contribution in [0.25, 0.3) is 0 Å². The third-order valence-corrected chi connectivity index (χ3v) is 4.83. The number of hydrogen-bond donors (Lipinski definition) is 1. The Labute approximate surface area is 161 Å². The third-order valence-electron chi connectivity index (χ3n) is 3.68. The van der Waals surface area contributed by atoms with Gasteiger partial charge in [0.15, 0.2) is 0 Å². The smallest absolute Gasteiger partial charge is 0.223 e. The first kappa shape index (κ1) is 18.4. The lowest BCUT2D eigenvalue weighted by Gasteiger charge is -2.06. The summed E-state index contributed by atoms with van der Waals surface area (Å²) in [5, 5.41) is 6.57. The van der Waals surface area contributed by atoms with Crippen molar-refractivity contribution in [2.45, 2.75) is 19.4 Å². The highest BCUT2D eigenvalue weighted by molar-refractivity contribution is 7.09. The van der Waals surface area contributed by atoms with Crippen LogP contribution < -0.4 is 10.1 Å². The molecular formula is C20H19ClN2O2S. The quantitative estimate of drug-likeness (QED) is 0.621. The van der Waals surface area contributed by atoms with E-state index in [4.69, 9.17) is 16.3 Å². The molecule has 134 valence electrons. The van der Waals surface area contributed by atoms with Gasteiger partial charge < -0.3 is 10.1 Å². The summed E-state index contributed by atoms with van der Waals surface area (Å²) >= 11 is 7.43. The van der Waals surface area contributed by atoms with Gasteiger partial charge in [-0.3, -0.25) is 4.79 Å². The molecule has 0 radical (unpaired) electrons. The van der Waals surface area contributed by atoms with E-state index in [0.29, 0.717) is 30.3 Å². The summed E-state index contributed by atoms with van der Waals surface area (Å²) in [7, 11) is 0. The SMILES string of the molecule is O=C(CCOc1ccc(Cl)cc1)NCc1csc(Cc2ccccc2)n1. The zero-order chi connectivity index (χ0) is 18.2. The van der Waals surface area contributed by atoms with E-state index >= 15 is 0 Å². The van der Waals surface area contributed by atoms with E-state index < -0.39 is 0 Å². The normalized spacial score (nSPS) is 10.5. The number of hydrogen-bond acceptors (Lipinski definition) is 4. The molecule has 0 saturated carbocycles. The predicted molar refractivity (Wildman–Crippen MR) is 105 cm³/mol. The zero-order valence-corrected chi connectivity index (χ0v) is 15.7. The fourth-order valence-corrected chi connectivity index (χ4v) is 3.31. The highest BCUT2D eigenvalue weighted by atomic mass is 35.5. The van der Waals surface area contributed by atoms with Crippen LogP contribution in [-0.2, 0) is 17.8 Å². The number of aromatic nitrogens is 1. The first-order valence-corrected chi connectivity index (χ1v) is 9.57. The second kappa shape index (κ2) is 9.36. The number of halogens is 1. The van der Waals surface area contributed by atoms with Crippen molar-refractivity contribution in [3.63, 3.8) is 0 Å². The van der Waals surface area contributed by atoms with Gasteiger partial charge in [0, 0.05) is 16.8 Å². The fraction of sp³-hybridized carbons (Fsp3) is 0.200. The summed E-state index contributed by atoms with van der Waals surface area (Å²) in [6.45, 7) is 0.759. The van der Waals surface area contributed by atoms with E-state index in [9.17, 15) is 4.79 Å². The summed E-state index contributed by atoms with van der Waals surface area (Å²) in [6, 6.07) is 17.3. The molecule has 4 nitrogen and oxygen atoms in total. The standard InChI is InChI=1S/C20H19ClN2O2S/c21-16-6-8-18(9-7-16)25-11-10-19(24)22-13-17-14-26-20(23-17)12-15-4-2-1-3-5-15/h1-9,14H,10-13H2,(H,22,24). The lowest BCUT2D eigenvalue weighted by Crippen LogP contribution is -2.24. The van der Waals surface area contributed by atoms with Crippen molar-refractivity contribution in [1.29, 1.82) is 0 Å². The van der Waals surface area contributed by atoms with Gasteiger partial charge in [-0.25, -0.2) is 4.98 Å². The zero-order valence-electron chi connectivity index (χ0n) is 14.2. The van der Waals surface area contributed by atoms with E-state index in [2.05, 4.69) is 22.4 Å². The van der Waals surface area contributed by atoms with Gasteiger partial charge in [0.05, 0.1) is 30.3 Å². The lowest BCUT2D eigenvalue weighted by atomic mass is 10.2. The number of benzene rings is 2. The molecule has 3 rings (SSSR count). The minimum absolute atomic E-state index is 0.0587. The molecule has 1 aromatic heterocycles. The van der Waals surface area contributed by atoms with Crippen LogP contribution >= 0.6 is 22.9 Å². The molecule has 0 unspecified atom stereocenters. The van der Waals surface area contributed by atoms with Gasteiger partial charge in [0.1, 0.15) is 5.75 Å². The largest absolute Gasteiger partial charge is 0.493 e. The molecule has 0 aliphatic carbocycles. The first-order valence-electron chi connectivity index (χ1n) is 8.31. The highest BCUT2D eigenvalue weighted by Crippen LogP contribution is 2.16. The van der Waals surface area contributed by atoms with Crippen LogP contribution in [0.2, 0.25) is 5.02 Å². The monoisotopic (exact) mass is 386 g/mol. The Morgan fingerprint density at radius 2 is 1.88 bits per heavy atom. The molecule has 3 aromatic rings. The molecule has 1 amide bonds. The molecule has 2 aromatic carbocycles. The van der Waals surface area contributed by atoms with Crippen molar-refractivity contribution in [2.75, 3.05) is 6.61 Å². The molecule has 6 heteroatoms. The summed E-state index contributed by atoms with van der Waals surface area (Å²) in [5.41, 5.74) is 2.12. The maximum absolute atomic E-state index is 11.9. The van der Waals surface area contributed by atoms with Gasteiger partial charge in [-0.15, -0.1) is 11.3 Å². The maximum Gasteiger partial charge on any atom is 0.223 e. The molecule has 0 atom stereocenters. The van der Waals surface area contributed by atoms with E-state index in [1.165, 1.54) is 5.56 Å². The minimum atomic E-state index is -0.0587. The maximum atomic E-state index is 11.9. The first-order chi connectivity index (χ1) is 12.7. The molecule has 0 fully saturated rings. The Morgan fingerprint density at radius 1 is 1.12 bits per heavy atom. The second-order valence-corrected chi connectivity index (χ2v) is 7.10. The van der Waals surface area contributed by atoms with Gasteiger partial charge in [0.2, 0.25) is 5.91 Å². The van der Waals surface area contributed by atoms with Gasteiger partial charge >= 0.3 is 0 Å². The molecule has 0 bridgehead atoms. The van der Waals surface area contributed by atoms with E-state index in [-0.39, 0.29) is 5.91 Å². The number of carbonyl (C=O) groups is 1. The van der Waals surface area contributed by atoms with Crippen molar-refractivity contribution in [1.82, 2.24) is 10.3 Å². The molecule has 0 spiro atoms. The molecular weight excluding hydrogens is 368 g/mol. The van der Waals surface area contributed by atoms with Crippen LogP contribution in [0.4, 0.5) is 0 Å². The Hall–Kier alpha value is -2.37. The number of nitrogens with one attached hydrogen (secondary N) is 1. The van der Waals surface area contributed by atoms with Crippen LogP contribution in [0.5, 0.6) is 5.75 Å². The summed E-state index contributed by atoms with van der Waals surface area (Å²) in [4.78, 5) is 16.5. The topological polar surface area (TPSA) is 51.2 Å². The average molecular weight is 387 g/mol. The highest BCUT2D eigenvalue weighted by Gasteiger charge is 2.06. The van der Waals surface area contributed by atoms with E-state index in [1.807, 2.05) is 23.6 Å². The molecule has 0 aliphatic heterocycles. The Kier molecular flexibility index (Phi) is 6.63. The summed E-state index contributed by atoms with van der Waals surface area (Å²) < 4.78 is 5.52. The van der Waals surface area contributed by atoms with Crippen molar-refractivity contribution in [2.24, 2.45) is 0 Å². The van der Waals surface area contributed by atoms with Gasteiger partial charge in [-0.1, -0.05) is 41.9 Å². The van der Waals surface area contributed by atoms with Crippen LogP contribution in [0, 0.1) is 0 Å². The number of carbonyl (C=O) groups excluding carboxylic acids is 1. The Balaban J connectivity index is 1.38. The number of thiazole rings is 1. The second-order valence-electron chi connectivity index (χ2n) is 5.72. The molecule has 1 heterocycles. The number of nitrogens with zero attached hydrogens (tertiary/aromatic N) is 1. The predicted octanol–water partition coefficient (Wildman–Crippen LogP) is 4.47. The van der Waals surface area contributed by atoms with Crippen molar-refractivity contribution in [3.05, 3.63) is 81.3 Å². The van der Waals surface area contributed by atoms with Gasteiger partial charge in [0.25, 0.3) is 0 Å². The number of ether oxygens (including phenoxy) is 1. The average Bonchev–Trinajstić information content (AvgIpc) is 3.10. The Bertz CT molecular complexity index is 835. The summed E-state index contributed by atoms with van der Waals surface area (Å²) in [5.74, 6) is 0.642.